The molecule has 156 valence electrons. The number of ether oxygens (including phenoxy) is 1. The minimum Gasteiger partial charge on any atom is -0.435 e. The van der Waals surface area contributed by atoms with Crippen LogP contribution in [-0.4, -0.2) is 33.8 Å². The SMILES string of the molecule is CN/C=C(\C=N)c1cn2nccc2c(Oc2cccc(NC(=O)C#CC3CC3)c2Cl)n1. The lowest BCUT2D eigenvalue weighted by atomic mass is 10.2. The Morgan fingerprint density at radius 1 is 1.39 bits per heavy atom. The van der Waals surface area contributed by atoms with Gasteiger partial charge in [0.2, 0.25) is 5.88 Å². The van der Waals surface area contributed by atoms with Crippen molar-refractivity contribution >= 4 is 40.5 Å². The first-order valence-electron chi connectivity index (χ1n) is 9.60. The van der Waals surface area contributed by atoms with Crippen LogP contribution in [0.2, 0.25) is 5.02 Å². The van der Waals surface area contributed by atoms with Gasteiger partial charge in [-0.1, -0.05) is 23.6 Å². The fraction of sp³-hybridized carbons (Fsp3) is 0.182. The predicted molar refractivity (Wildman–Crippen MR) is 119 cm³/mol. The number of fused-ring (bicyclic) bond motifs is 1. The summed E-state index contributed by atoms with van der Waals surface area (Å²) in [5.74, 6) is 5.99. The summed E-state index contributed by atoms with van der Waals surface area (Å²) in [6.07, 6.45) is 8.25. The van der Waals surface area contributed by atoms with Crippen LogP contribution in [0.25, 0.3) is 11.1 Å². The van der Waals surface area contributed by atoms with E-state index < -0.39 is 5.91 Å². The van der Waals surface area contributed by atoms with E-state index in [9.17, 15) is 4.79 Å². The second kappa shape index (κ2) is 8.90. The summed E-state index contributed by atoms with van der Waals surface area (Å²) < 4.78 is 7.62. The summed E-state index contributed by atoms with van der Waals surface area (Å²) in [7, 11) is 1.74. The van der Waals surface area contributed by atoms with Crippen molar-refractivity contribution in [1.82, 2.24) is 19.9 Å². The Morgan fingerprint density at radius 2 is 2.23 bits per heavy atom. The number of carbonyl (C=O) groups is 1. The molecule has 1 saturated carbocycles. The fourth-order valence-corrected chi connectivity index (χ4v) is 3.01. The van der Waals surface area contributed by atoms with Gasteiger partial charge in [0, 0.05) is 31.0 Å². The number of halogens is 1. The zero-order valence-corrected chi connectivity index (χ0v) is 17.4. The molecule has 2 heterocycles. The second-order valence-corrected chi connectivity index (χ2v) is 7.22. The highest BCUT2D eigenvalue weighted by Crippen LogP contribution is 2.36. The molecule has 0 aliphatic heterocycles. The van der Waals surface area contributed by atoms with Gasteiger partial charge in [0.25, 0.3) is 5.91 Å². The van der Waals surface area contributed by atoms with Crippen molar-refractivity contribution in [3.05, 3.63) is 53.6 Å². The van der Waals surface area contributed by atoms with Crippen LogP contribution in [0.1, 0.15) is 18.5 Å². The van der Waals surface area contributed by atoms with Crippen molar-refractivity contribution in [3.8, 4) is 23.5 Å². The second-order valence-electron chi connectivity index (χ2n) is 6.84. The van der Waals surface area contributed by atoms with Crippen LogP contribution >= 0.6 is 11.6 Å². The molecule has 0 atom stereocenters. The Morgan fingerprint density at radius 3 is 2.97 bits per heavy atom. The van der Waals surface area contributed by atoms with Gasteiger partial charge >= 0.3 is 0 Å². The number of aromatic nitrogens is 3. The van der Waals surface area contributed by atoms with Crippen molar-refractivity contribution in [2.75, 3.05) is 12.4 Å². The number of nitrogens with zero attached hydrogens (tertiary/aromatic N) is 3. The molecule has 4 rings (SSSR count). The highest BCUT2D eigenvalue weighted by molar-refractivity contribution is 6.35. The number of nitrogens with one attached hydrogen (secondary N) is 3. The Kier molecular flexibility index (Phi) is 5.87. The number of rotatable bonds is 6. The van der Waals surface area contributed by atoms with Gasteiger partial charge < -0.3 is 20.8 Å². The van der Waals surface area contributed by atoms with Crippen LogP contribution in [0.15, 0.2) is 42.9 Å². The molecule has 1 amide bonds. The molecule has 0 bridgehead atoms. The number of benzene rings is 1. The first-order chi connectivity index (χ1) is 15.1. The van der Waals surface area contributed by atoms with Gasteiger partial charge in [0.15, 0.2) is 0 Å². The third kappa shape index (κ3) is 4.68. The van der Waals surface area contributed by atoms with Gasteiger partial charge in [-0.15, -0.1) is 0 Å². The summed E-state index contributed by atoms with van der Waals surface area (Å²) in [5, 5.41) is 17.7. The summed E-state index contributed by atoms with van der Waals surface area (Å²) >= 11 is 6.49. The predicted octanol–water partition coefficient (Wildman–Crippen LogP) is 3.74. The standard InChI is InChI=1S/C22H19ClN6O2/c1-25-12-15(11-24)17-13-29-18(9-10-26-29)22(28-17)31-19-4-2-3-16(21(19)23)27-20(30)8-7-14-5-6-14/h2-4,9-14,24-25H,5-6H2,1H3,(H,27,30)/b15-12+,24-11?. The van der Waals surface area contributed by atoms with Crippen molar-refractivity contribution in [2.24, 2.45) is 5.92 Å². The van der Waals surface area contributed by atoms with Gasteiger partial charge in [0.1, 0.15) is 16.3 Å². The molecule has 1 aromatic carbocycles. The normalized spacial score (nSPS) is 13.3. The van der Waals surface area contributed by atoms with Gasteiger partial charge in [-0.3, -0.25) is 4.79 Å². The summed E-state index contributed by atoms with van der Waals surface area (Å²) in [4.78, 5) is 16.6. The third-order valence-electron chi connectivity index (χ3n) is 4.49. The molecule has 9 heteroatoms. The molecule has 3 N–H and O–H groups in total. The van der Waals surface area contributed by atoms with E-state index in [1.54, 1.807) is 54.4 Å². The van der Waals surface area contributed by atoms with E-state index in [2.05, 4.69) is 32.6 Å². The first-order valence-corrected chi connectivity index (χ1v) is 9.98. The molecule has 8 nitrogen and oxygen atoms in total. The molecule has 0 unspecified atom stereocenters. The number of anilines is 1. The van der Waals surface area contributed by atoms with Crippen LogP contribution in [0, 0.1) is 23.2 Å². The highest BCUT2D eigenvalue weighted by atomic mass is 35.5. The molecule has 3 aromatic rings. The molecule has 1 aliphatic carbocycles. The van der Waals surface area contributed by atoms with E-state index >= 15 is 0 Å². The molecule has 0 spiro atoms. The molecular weight excluding hydrogens is 416 g/mol. The minimum absolute atomic E-state index is 0.229. The maximum absolute atomic E-state index is 12.1. The highest BCUT2D eigenvalue weighted by Gasteiger charge is 2.19. The number of hydrogen-bond acceptors (Lipinski definition) is 6. The Labute approximate surface area is 183 Å². The van der Waals surface area contributed by atoms with E-state index in [1.165, 1.54) is 6.21 Å². The van der Waals surface area contributed by atoms with E-state index in [0.29, 0.717) is 34.1 Å². The fourth-order valence-electron chi connectivity index (χ4n) is 2.80. The van der Waals surface area contributed by atoms with Crippen molar-refractivity contribution < 1.29 is 9.53 Å². The lowest BCUT2D eigenvalue weighted by Crippen LogP contribution is -2.09. The Balaban J connectivity index is 1.65. The number of allylic oxidation sites excluding steroid dienone is 1. The number of carbonyl (C=O) groups excluding carboxylic acids is 1. The average Bonchev–Trinajstić information content (AvgIpc) is 3.48. The van der Waals surface area contributed by atoms with Crippen LogP contribution in [-0.2, 0) is 4.79 Å². The largest absolute Gasteiger partial charge is 0.435 e. The molecule has 0 radical (unpaired) electrons. The van der Waals surface area contributed by atoms with Crippen molar-refractivity contribution in [2.45, 2.75) is 12.8 Å². The zero-order valence-electron chi connectivity index (χ0n) is 16.6. The van der Waals surface area contributed by atoms with Crippen LogP contribution < -0.4 is 15.4 Å². The molecule has 0 saturated heterocycles. The average molecular weight is 435 g/mol. The Hall–Kier alpha value is -3.83. The van der Waals surface area contributed by atoms with Gasteiger partial charge in [-0.25, -0.2) is 9.50 Å². The quantitative estimate of drug-likeness (QED) is 0.405. The number of amides is 1. The van der Waals surface area contributed by atoms with Crippen LogP contribution in [0.5, 0.6) is 11.6 Å². The Bertz CT molecular complexity index is 1250. The molecule has 1 aliphatic rings. The molecule has 2 aromatic heterocycles. The van der Waals surface area contributed by atoms with E-state index in [0.717, 1.165) is 12.8 Å². The maximum Gasteiger partial charge on any atom is 0.300 e. The topological polar surface area (TPSA) is 104 Å². The minimum atomic E-state index is -0.419. The lowest BCUT2D eigenvalue weighted by Gasteiger charge is -2.12. The monoisotopic (exact) mass is 434 g/mol. The van der Waals surface area contributed by atoms with Gasteiger partial charge in [-0.05, 0) is 37.0 Å². The van der Waals surface area contributed by atoms with Gasteiger partial charge in [0.05, 0.1) is 23.8 Å². The molecule has 31 heavy (non-hydrogen) atoms. The summed E-state index contributed by atoms with van der Waals surface area (Å²) in [6.45, 7) is 0. The number of hydrogen-bond donors (Lipinski definition) is 3. The maximum atomic E-state index is 12.1. The smallest absolute Gasteiger partial charge is 0.300 e. The van der Waals surface area contributed by atoms with Crippen LogP contribution in [0.3, 0.4) is 0 Å². The first kappa shape index (κ1) is 20.4. The van der Waals surface area contributed by atoms with Crippen molar-refractivity contribution in [1.29, 1.82) is 5.41 Å². The lowest BCUT2D eigenvalue weighted by molar-refractivity contribution is -0.111. The zero-order chi connectivity index (χ0) is 21.8. The summed E-state index contributed by atoms with van der Waals surface area (Å²) in [5.41, 5.74) is 2.06. The van der Waals surface area contributed by atoms with E-state index in [1.807, 2.05) is 0 Å². The van der Waals surface area contributed by atoms with Gasteiger partial charge in [-0.2, -0.15) is 5.10 Å². The summed E-state index contributed by atoms with van der Waals surface area (Å²) in [6, 6.07) is 6.82. The third-order valence-corrected chi connectivity index (χ3v) is 4.88. The van der Waals surface area contributed by atoms with E-state index in [-0.39, 0.29) is 10.9 Å². The molecule has 1 fully saturated rings. The van der Waals surface area contributed by atoms with Crippen molar-refractivity contribution in [3.63, 3.8) is 0 Å². The molecular formula is C22H19ClN6O2. The van der Waals surface area contributed by atoms with E-state index in [4.69, 9.17) is 21.7 Å². The van der Waals surface area contributed by atoms with Crippen LogP contribution in [0.4, 0.5) is 5.69 Å².